The van der Waals surface area contributed by atoms with Crippen molar-refractivity contribution in [2.45, 2.75) is 20.0 Å². The van der Waals surface area contributed by atoms with Gasteiger partial charge in [-0.2, -0.15) is 5.10 Å². The van der Waals surface area contributed by atoms with Crippen LogP contribution >= 0.6 is 11.6 Å². The van der Waals surface area contributed by atoms with Gasteiger partial charge in [-0.25, -0.2) is 14.6 Å². The fourth-order valence-corrected chi connectivity index (χ4v) is 4.70. The highest BCUT2D eigenvalue weighted by atomic mass is 35.5. The minimum Gasteiger partial charge on any atom is -0.377 e. The molecule has 1 amide bonds. The van der Waals surface area contributed by atoms with Crippen LogP contribution in [0.5, 0.6) is 0 Å². The van der Waals surface area contributed by atoms with Crippen LogP contribution in [0.1, 0.15) is 28.3 Å². The minimum atomic E-state index is 0.0605. The van der Waals surface area contributed by atoms with Gasteiger partial charge in [0.05, 0.1) is 16.8 Å². The molecular weight excluding hydrogens is 464 g/mol. The first-order chi connectivity index (χ1) is 17.0. The van der Waals surface area contributed by atoms with E-state index in [1.54, 1.807) is 7.11 Å². The van der Waals surface area contributed by atoms with Crippen LogP contribution in [0, 0.1) is 6.92 Å². The van der Waals surface area contributed by atoms with Crippen molar-refractivity contribution in [3.63, 3.8) is 0 Å². The average molecular weight is 491 g/mol. The van der Waals surface area contributed by atoms with Crippen LogP contribution in [-0.2, 0) is 11.3 Å². The van der Waals surface area contributed by atoms with Crippen LogP contribution in [0.4, 0.5) is 5.82 Å². The number of ether oxygens (including phenoxy) is 1. The fraction of sp³-hybridized carbons (Fsp3) is 0.308. The molecule has 4 aromatic rings. The predicted molar refractivity (Wildman–Crippen MR) is 136 cm³/mol. The molecule has 0 aliphatic carbocycles. The molecule has 0 spiro atoms. The fourth-order valence-electron chi connectivity index (χ4n) is 4.51. The standard InChI is InChI=1S/C26H27ClN6O2/c1-18-23-24(31-12-7-13-32(15-14-31)26(34)19-8-4-3-5-9-19)28-22(17-35-2)29-25(23)33(30-18)21-11-6-10-20(27)16-21/h3-6,8-11,16H,7,12-15,17H2,1-2H3. The van der Waals surface area contributed by atoms with E-state index in [9.17, 15) is 4.79 Å². The summed E-state index contributed by atoms with van der Waals surface area (Å²) in [5, 5.41) is 6.31. The van der Waals surface area contributed by atoms with E-state index in [2.05, 4.69) is 4.90 Å². The molecule has 5 rings (SSSR count). The Kier molecular flexibility index (Phi) is 6.66. The van der Waals surface area contributed by atoms with Crippen molar-refractivity contribution in [3.05, 3.63) is 76.7 Å². The van der Waals surface area contributed by atoms with Gasteiger partial charge < -0.3 is 14.5 Å². The first kappa shape index (κ1) is 23.3. The zero-order chi connectivity index (χ0) is 24.4. The molecule has 9 heteroatoms. The van der Waals surface area contributed by atoms with Crippen molar-refractivity contribution in [2.75, 3.05) is 38.2 Å². The van der Waals surface area contributed by atoms with Crippen molar-refractivity contribution in [2.24, 2.45) is 0 Å². The second kappa shape index (κ2) is 10.0. The molecule has 1 aliphatic rings. The topological polar surface area (TPSA) is 76.4 Å². The normalized spacial score (nSPS) is 14.4. The van der Waals surface area contributed by atoms with Gasteiger partial charge in [0.25, 0.3) is 5.91 Å². The Morgan fingerprint density at radius 2 is 1.86 bits per heavy atom. The Labute approximate surface area is 209 Å². The molecule has 8 nitrogen and oxygen atoms in total. The Morgan fingerprint density at radius 3 is 2.63 bits per heavy atom. The number of benzene rings is 2. The number of anilines is 1. The third-order valence-corrected chi connectivity index (χ3v) is 6.39. The third-order valence-electron chi connectivity index (χ3n) is 6.16. The van der Waals surface area contributed by atoms with Gasteiger partial charge in [0, 0.05) is 43.9 Å². The largest absolute Gasteiger partial charge is 0.377 e. The highest BCUT2D eigenvalue weighted by Crippen LogP contribution is 2.30. The molecule has 0 N–H and O–H groups in total. The SMILES string of the molecule is COCc1nc(N2CCCN(C(=O)c3ccccc3)CC2)c2c(C)nn(-c3cccc(Cl)c3)c2n1. The van der Waals surface area contributed by atoms with Gasteiger partial charge in [-0.3, -0.25) is 4.79 Å². The van der Waals surface area contributed by atoms with E-state index in [4.69, 9.17) is 31.4 Å². The zero-order valence-corrected chi connectivity index (χ0v) is 20.6. The number of amides is 1. The van der Waals surface area contributed by atoms with E-state index in [0.717, 1.165) is 35.6 Å². The molecule has 0 bridgehead atoms. The van der Waals surface area contributed by atoms with Gasteiger partial charge in [0.15, 0.2) is 11.5 Å². The molecule has 1 aliphatic heterocycles. The summed E-state index contributed by atoms with van der Waals surface area (Å²) in [6.45, 7) is 5.01. The van der Waals surface area contributed by atoms with Crippen molar-refractivity contribution in [3.8, 4) is 5.69 Å². The number of aryl methyl sites for hydroxylation is 1. The molecular formula is C26H27ClN6O2. The first-order valence-electron chi connectivity index (χ1n) is 11.7. The van der Waals surface area contributed by atoms with E-state index in [-0.39, 0.29) is 12.5 Å². The van der Waals surface area contributed by atoms with Crippen LogP contribution in [-0.4, -0.2) is 63.8 Å². The maximum Gasteiger partial charge on any atom is 0.253 e. The maximum absolute atomic E-state index is 13.0. The lowest BCUT2D eigenvalue weighted by molar-refractivity contribution is 0.0767. The predicted octanol–water partition coefficient (Wildman–Crippen LogP) is 4.28. The van der Waals surface area contributed by atoms with Crippen LogP contribution in [0.2, 0.25) is 5.02 Å². The summed E-state index contributed by atoms with van der Waals surface area (Å²) >= 11 is 6.25. The van der Waals surface area contributed by atoms with Crippen LogP contribution < -0.4 is 4.90 Å². The molecule has 1 saturated heterocycles. The van der Waals surface area contributed by atoms with Crippen LogP contribution in [0.3, 0.4) is 0 Å². The van der Waals surface area contributed by atoms with E-state index in [0.29, 0.717) is 41.7 Å². The quantitative estimate of drug-likeness (QED) is 0.415. The number of fused-ring (bicyclic) bond motifs is 1. The second-order valence-electron chi connectivity index (χ2n) is 8.57. The summed E-state index contributed by atoms with van der Waals surface area (Å²) in [5.41, 5.74) is 3.09. The lowest BCUT2D eigenvalue weighted by Crippen LogP contribution is -2.35. The average Bonchev–Trinajstić information content (AvgIpc) is 3.04. The molecule has 2 aromatic carbocycles. The number of rotatable bonds is 5. The van der Waals surface area contributed by atoms with E-state index >= 15 is 0 Å². The number of aromatic nitrogens is 4. The molecule has 2 aromatic heterocycles. The Bertz CT molecular complexity index is 1360. The van der Waals surface area contributed by atoms with Crippen LogP contribution in [0.25, 0.3) is 16.7 Å². The number of carbonyl (C=O) groups is 1. The molecule has 0 atom stereocenters. The van der Waals surface area contributed by atoms with Gasteiger partial charge in [0.1, 0.15) is 12.4 Å². The van der Waals surface area contributed by atoms with E-state index in [1.165, 1.54) is 0 Å². The Balaban J connectivity index is 1.51. The zero-order valence-electron chi connectivity index (χ0n) is 19.8. The van der Waals surface area contributed by atoms with Crippen molar-refractivity contribution >= 4 is 34.4 Å². The van der Waals surface area contributed by atoms with Gasteiger partial charge in [-0.1, -0.05) is 35.9 Å². The van der Waals surface area contributed by atoms with Crippen molar-refractivity contribution in [1.29, 1.82) is 0 Å². The van der Waals surface area contributed by atoms with E-state index < -0.39 is 0 Å². The van der Waals surface area contributed by atoms with Crippen LogP contribution in [0.15, 0.2) is 54.6 Å². The molecule has 0 radical (unpaired) electrons. The monoisotopic (exact) mass is 490 g/mol. The summed E-state index contributed by atoms with van der Waals surface area (Å²) in [6.07, 6.45) is 0.838. The molecule has 0 unspecified atom stereocenters. The number of halogens is 1. The summed E-state index contributed by atoms with van der Waals surface area (Å²) in [5.74, 6) is 1.46. The molecule has 180 valence electrons. The van der Waals surface area contributed by atoms with Crippen molar-refractivity contribution in [1.82, 2.24) is 24.6 Å². The first-order valence-corrected chi connectivity index (χ1v) is 12.0. The van der Waals surface area contributed by atoms with Gasteiger partial charge in [0.2, 0.25) is 0 Å². The summed E-state index contributed by atoms with van der Waals surface area (Å²) in [6, 6.07) is 17.0. The van der Waals surface area contributed by atoms with E-state index in [1.807, 2.05) is 71.1 Å². The summed E-state index contributed by atoms with van der Waals surface area (Å²) in [7, 11) is 1.63. The lowest BCUT2D eigenvalue weighted by atomic mass is 10.2. The number of hydrogen-bond donors (Lipinski definition) is 0. The second-order valence-corrected chi connectivity index (χ2v) is 9.01. The molecule has 1 fully saturated rings. The van der Waals surface area contributed by atoms with Gasteiger partial charge >= 0.3 is 0 Å². The highest BCUT2D eigenvalue weighted by Gasteiger charge is 2.25. The molecule has 35 heavy (non-hydrogen) atoms. The maximum atomic E-state index is 13.0. The van der Waals surface area contributed by atoms with Crippen molar-refractivity contribution < 1.29 is 9.53 Å². The summed E-state index contributed by atoms with van der Waals surface area (Å²) in [4.78, 5) is 26.8. The number of hydrogen-bond acceptors (Lipinski definition) is 6. The lowest BCUT2D eigenvalue weighted by Gasteiger charge is -2.24. The highest BCUT2D eigenvalue weighted by molar-refractivity contribution is 6.30. The number of carbonyl (C=O) groups excluding carboxylic acids is 1. The number of nitrogens with zero attached hydrogens (tertiary/aromatic N) is 6. The van der Waals surface area contributed by atoms with Gasteiger partial charge in [-0.15, -0.1) is 0 Å². The summed E-state index contributed by atoms with van der Waals surface area (Å²) < 4.78 is 7.18. The minimum absolute atomic E-state index is 0.0605. The van der Waals surface area contributed by atoms with Gasteiger partial charge in [-0.05, 0) is 43.7 Å². The molecule has 0 saturated carbocycles. The Hall–Kier alpha value is -3.49. The Morgan fingerprint density at radius 1 is 1.03 bits per heavy atom. The smallest absolute Gasteiger partial charge is 0.253 e. The molecule has 3 heterocycles. The third kappa shape index (κ3) is 4.72. The number of methoxy groups -OCH3 is 1.